The molecule has 92 valence electrons. The largest absolute Gasteiger partial charge is 0.0807 e. The number of rotatable bonds is 3. The molecule has 1 aliphatic rings. The van der Waals surface area contributed by atoms with Crippen LogP contribution in [0.2, 0.25) is 6.04 Å². The van der Waals surface area contributed by atoms with E-state index in [0.29, 0.717) is 0 Å². The zero-order chi connectivity index (χ0) is 12.4. The molecule has 0 bridgehead atoms. The maximum atomic E-state index is 2.42. The molecule has 0 aromatic heterocycles. The second kappa shape index (κ2) is 5.11. The van der Waals surface area contributed by atoms with Crippen molar-refractivity contribution in [1.29, 1.82) is 0 Å². The summed E-state index contributed by atoms with van der Waals surface area (Å²) in [5, 5.41) is 2.93. The summed E-state index contributed by atoms with van der Waals surface area (Å²) in [6, 6.07) is 15.0. The molecule has 0 fully saturated rings. The van der Waals surface area contributed by atoms with Gasteiger partial charge in [0, 0.05) is 10.2 Å². The lowest BCUT2D eigenvalue weighted by Gasteiger charge is -2.11. The molecule has 0 nitrogen and oxygen atoms in total. The summed E-state index contributed by atoms with van der Waals surface area (Å²) in [6.45, 7) is 0. The molecule has 1 aliphatic carbocycles. The van der Waals surface area contributed by atoms with Crippen molar-refractivity contribution in [1.82, 2.24) is 0 Å². The molecular formula is C17H20Si. The molecule has 3 rings (SSSR count). The maximum absolute atomic E-state index is 2.42. The highest BCUT2D eigenvalue weighted by molar-refractivity contribution is 6.08. The summed E-state index contributed by atoms with van der Waals surface area (Å²) in [7, 11) is 1.29. The van der Waals surface area contributed by atoms with E-state index >= 15 is 0 Å². The average molecular weight is 252 g/mol. The minimum atomic E-state index is 1.24. The monoisotopic (exact) mass is 252 g/mol. The van der Waals surface area contributed by atoms with Crippen molar-refractivity contribution in [3.63, 3.8) is 0 Å². The predicted molar refractivity (Wildman–Crippen MR) is 84.2 cm³/mol. The summed E-state index contributed by atoms with van der Waals surface area (Å²) < 4.78 is 0. The zero-order valence-electron chi connectivity index (χ0n) is 11.1. The van der Waals surface area contributed by atoms with Gasteiger partial charge in [-0.25, -0.2) is 0 Å². The summed E-state index contributed by atoms with van der Waals surface area (Å²) in [5.74, 6) is 0. The minimum Gasteiger partial charge on any atom is -0.0807 e. The molecule has 0 aliphatic heterocycles. The average Bonchev–Trinajstić information content (AvgIpc) is 2.93. The van der Waals surface area contributed by atoms with Crippen molar-refractivity contribution in [2.24, 2.45) is 0 Å². The number of fused-ring (bicyclic) bond motifs is 1. The summed E-state index contributed by atoms with van der Waals surface area (Å²) >= 11 is 0. The molecule has 2 aromatic rings. The fourth-order valence-electron chi connectivity index (χ4n) is 3.04. The van der Waals surface area contributed by atoms with Gasteiger partial charge in [-0.15, -0.1) is 0 Å². The molecular weight excluding hydrogens is 232 g/mol. The van der Waals surface area contributed by atoms with Gasteiger partial charge in [-0.05, 0) is 53.2 Å². The van der Waals surface area contributed by atoms with Crippen LogP contribution in [0.3, 0.4) is 0 Å². The lowest BCUT2D eigenvalue weighted by molar-refractivity contribution is 0.935. The Kier molecular flexibility index (Phi) is 3.33. The van der Waals surface area contributed by atoms with E-state index in [0.717, 1.165) is 0 Å². The van der Waals surface area contributed by atoms with Crippen LogP contribution in [0.4, 0.5) is 0 Å². The van der Waals surface area contributed by atoms with Gasteiger partial charge in [0.25, 0.3) is 0 Å². The van der Waals surface area contributed by atoms with E-state index in [1.165, 1.54) is 63.9 Å². The van der Waals surface area contributed by atoms with Crippen molar-refractivity contribution in [3.8, 4) is 0 Å². The fraction of sp³-hybridized carbons (Fsp3) is 0.294. The lowest BCUT2D eigenvalue weighted by Crippen LogP contribution is -1.91. The molecule has 0 radical (unpaired) electrons. The first-order valence-corrected chi connectivity index (χ1v) is 8.51. The summed E-state index contributed by atoms with van der Waals surface area (Å²) in [4.78, 5) is 0. The normalized spacial score (nSPS) is 15.2. The number of aryl methyl sites for hydroxylation is 1. The molecule has 0 atom stereocenters. The SMILES string of the molecule is [SiH3]CCc1ccc(C2=CCCC2)c2ccccc12. The molecule has 0 N–H and O–H groups in total. The molecule has 0 unspecified atom stereocenters. The Hall–Kier alpha value is -1.34. The van der Waals surface area contributed by atoms with E-state index in [1.54, 1.807) is 5.57 Å². The van der Waals surface area contributed by atoms with Gasteiger partial charge in [-0.1, -0.05) is 48.5 Å². The quantitative estimate of drug-likeness (QED) is 0.730. The van der Waals surface area contributed by atoms with Crippen LogP contribution >= 0.6 is 0 Å². The zero-order valence-corrected chi connectivity index (χ0v) is 13.1. The Morgan fingerprint density at radius 2 is 1.83 bits per heavy atom. The first kappa shape index (κ1) is 11.7. The van der Waals surface area contributed by atoms with Gasteiger partial charge in [0.2, 0.25) is 0 Å². The highest BCUT2D eigenvalue weighted by Crippen LogP contribution is 2.34. The maximum Gasteiger partial charge on any atom is 0.00321 e. The molecule has 18 heavy (non-hydrogen) atoms. The Morgan fingerprint density at radius 1 is 1.00 bits per heavy atom. The van der Waals surface area contributed by atoms with Crippen molar-refractivity contribution in [2.45, 2.75) is 31.7 Å². The number of benzene rings is 2. The Balaban J connectivity index is 2.19. The van der Waals surface area contributed by atoms with E-state index in [-0.39, 0.29) is 0 Å². The van der Waals surface area contributed by atoms with E-state index in [4.69, 9.17) is 0 Å². The molecule has 0 saturated heterocycles. The highest BCUT2D eigenvalue weighted by Gasteiger charge is 2.11. The van der Waals surface area contributed by atoms with Crippen molar-refractivity contribution in [3.05, 3.63) is 53.6 Å². The van der Waals surface area contributed by atoms with Gasteiger partial charge in [0.05, 0.1) is 0 Å². The summed E-state index contributed by atoms with van der Waals surface area (Å²) in [5.41, 5.74) is 4.56. The minimum absolute atomic E-state index is 1.24. The third kappa shape index (κ3) is 2.03. The number of hydrogen-bond acceptors (Lipinski definition) is 0. The number of hydrogen-bond donors (Lipinski definition) is 0. The molecule has 0 heterocycles. The van der Waals surface area contributed by atoms with Gasteiger partial charge < -0.3 is 0 Å². The molecule has 0 saturated carbocycles. The van der Waals surface area contributed by atoms with Crippen LogP contribution < -0.4 is 0 Å². The number of allylic oxidation sites excluding steroid dienone is 2. The van der Waals surface area contributed by atoms with Crippen molar-refractivity contribution in [2.75, 3.05) is 0 Å². The molecule has 0 amide bonds. The van der Waals surface area contributed by atoms with Crippen molar-refractivity contribution < 1.29 is 0 Å². The van der Waals surface area contributed by atoms with Crippen LogP contribution in [0.5, 0.6) is 0 Å². The lowest BCUT2D eigenvalue weighted by atomic mass is 9.94. The predicted octanol–water partition coefficient (Wildman–Crippen LogP) is 3.73. The Labute approximate surface area is 112 Å². The van der Waals surface area contributed by atoms with Gasteiger partial charge in [0.15, 0.2) is 0 Å². The van der Waals surface area contributed by atoms with E-state index < -0.39 is 0 Å². The molecule has 2 aromatic carbocycles. The Morgan fingerprint density at radius 3 is 2.56 bits per heavy atom. The van der Waals surface area contributed by atoms with Crippen LogP contribution in [0.25, 0.3) is 16.3 Å². The van der Waals surface area contributed by atoms with E-state index in [1.807, 2.05) is 0 Å². The topological polar surface area (TPSA) is 0 Å². The van der Waals surface area contributed by atoms with Gasteiger partial charge in [0.1, 0.15) is 0 Å². The fourth-order valence-corrected chi connectivity index (χ4v) is 3.58. The first-order valence-electron chi connectivity index (χ1n) is 7.10. The molecule has 1 heteroatoms. The smallest absolute Gasteiger partial charge is 0.00321 e. The van der Waals surface area contributed by atoms with Gasteiger partial charge >= 0.3 is 0 Å². The van der Waals surface area contributed by atoms with E-state index in [2.05, 4.69) is 42.5 Å². The third-order valence-corrected chi connectivity index (χ3v) is 4.42. The second-order valence-corrected chi connectivity index (χ2v) is 6.19. The standard InChI is InChI=1S/C17H20Si/c18-12-11-14-9-10-16(13-5-1-2-6-13)17-8-4-3-7-15(14)17/h3-5,7-10H,1-2,6,11-12H2,18H3. The highest BCUT2D eigenvalue weighted by atomic mass is 28.1. The third-order valence-electron chi connectivity index (χ3n) is 3.92. The molecule has 0 spiro atoms. The van der Waals surface area contributed by atoms with Crippen LogP contribution in [-0.2, 0) is 6.42 Å². The van der Waals surface area contributed by atoms with Crippen LogP contribution in [-0.4, -0.2) is 10.2 Å². The van der Waals surface area contributed by atoms with Crippen molar-refractivity contribution >= 4 is 26.6 Å². The second-order valence-electron chi connectivity index (χ2n) is 5.19. The Bertz CT molecular complexity index is 596. The van der Waals surface area contributed by atoms with E-state index in [9.17, 15) is 0 Å². The van der Waals surface area contributed by atoms with Crippen LogP contribution in [0, 0.1) is 0 Å². The van der Waals surface area contributed by atoms with Crippen LogP contribution in [0.15, 0.2) is 42.5 Å². The van der Waals surface area contributed by atoms with Crippen LogP contribution in [0.1, 0.15) is 30.4 Å². The van der Waals surface area contributed by atoms with Gasteiger partial charge in [-0.2, -0.15) is 0 Å². The summed E-state index contributed by atoms with van der Waals surface area (Å²) in [6.07, 6.45) is 7.50. The first-order chi connectivity index (χ1) is 8.90. The van der Waals surface area contributed by atoms with Gasteiger partial charge in [-0.3, -0.25) is 0 Å².